The largest absolute Gasteiger partial charge is 0.330 e. The van der Waals surface area contributed by atoms with E-state index in [1.165, 1.54) is 25.7 Å². The van der Waals surface area contributed by atoms with Gasteiger partial charge in [-0.1, -0.05) is 5.92 Å². The van der Waals surface area contributed by atoms with Crippen LogP contribution in [0.15, 0.2) is 0 Å². The van der Waals surface area contributed by atoms with Crippen LogP contribution in [0.25, 0.3) is 0 Å². The molecule has 2 aliphatic heterocycles. The average Bonchev–Trinajstić information content (AvgIpc) is 3.20. The Bertz CT molecular complexity index is 407. The normalized spacial score (nSPS) is 27.5. The molecule has 1 N–H and O–H groups in total. The summed E-state index contributed by atoms with van der Waals surface area (Å²) in [5.74, 6) is 3.67. The molecule has 116 valence electrons. The predicted octanol–water partition coefficient (Wildman–Crippen LogP) is 1.07. The first kappa shape index (κ1) is 14.9. The van der Waals surface area contributed by atoms with Gasteiger partial charge >= 0.3 is 0 Å². The van der Waals surface area contributed by atoms with Crippen molar-refractivity contribution in [3.05, 3.63) is 0 Å². The molecule has 21 heavy (non-hydrogen) atoms. The molecule has 0 aromatic rings. The Hall–Kier alpha value is -1.05. The van der Waals surface area contributed by atoms with Crippen LogP contribution in [0.3, 0.4) is 0 Å². The highest BCUT2D eigenvalue weighted by Gasteiger charge is 2.38. The lowest BCUT2D eigenvalue weighted by Crippen LogP contribution is -2.52. The Morgan fingerprint density at radius 3 is 2.67 bits per heavy atom. The van der Waals surface area contributed by atoms with Gasteiger partial charge < -0.3 is 10.2 Å². The zero-order valence-corrected chi connectivity index (χ0v) is 12.9. The molecule has 1 atom stereocenters. The van der Waals surface area contributed by atoms with E-state index in [-0.39, 0.29) is 11.9 Å². The molecule has 2 heterocycles. The van der Waals surface area contributed by atoms with Gasteiger partial charge in [-0.15, -0.1) is 6.42 Å². The molecule has 4 heteroatoms. The van der Waals surface area contributed by atoms with Gasteiger partial charge in [-0.3, -0.25) is 9.69 Å². The molecular formula is C17H27N3O. The maximum atomic E-state index is 12.9. The minimum Gasteiger partial charge on any atom is -0.330 e. The zero-order valence-electron chi connectivity index (χ0n) is 12.9. The van der Waals surface area contributed by atoms with Crippen LogP contribution < -0.4 is 5.32 Å². The van der Waals surface area contributed by atoms with Gasteiger partial charge in [0.2, 0.25) is 5.91 Å². The fourth-order valence-electron chi connectivity index (χ4n) is 3.80. The Morgan fingerprint density at radius 2 is 2.00 bits per heavy atom. The number of likely N-dealkylation sites (tertiary alicyclic amines) is 1. The minimum atomic E-state index is 0.0835. The minimum absolute atomic E-state index is 0.0835. The summed E-state index contributed by atoms with van der Waals surface area (Å²) < 4.78 is 0. The summed E-state index contributed by atoms with van der Waals surface area (Å²) >= 11 is 0. The van der Waals surface area contributed by atoms with Crippen molar-refractivity contribution in [3.63, 3.8) is 0 Å². The highest BCUT2D eigenvalue weighted by atomic mass is 16.2. The second-order valence-corrected chi connectivity index (χ2v) is 6.74. The van der Waals surface area contributed by atoms with Gasteiger partial charge in [-0.2, -0.15) is 0 Å². The summed E-state index contributed by atoms with van der Waals surface area (Å²) in [6, 6.07) is 0.663. The van der Waals surface area contributed by atoms with Crippen LogP contribution in [-0.2, 0) is 4.79 Å². The molecule has 1 unspecified atom stereocenters. The molecule has 2 saturated heterocycles. The fourth-order valence-corrected chi connectivity index (χ4v) is 3.80. The van der Waals surface area contributed by atoms with Crippen molar-refractivity contribution in [2.75, 3.05) is 32.7 Å². The van der Waals surface area contributed by atoms with E-state index in [2.05, 4.69) is 16.1 Å². The van der Waals surface area contributed by atoms with Crippen LogP contribution in [0.2, 0.25) is 0 Å². The average molecular weight is 289 g/mol. The highest BCUT2D eigenvalue weighted by molar-refractivity contribution is 5.82. The van der Waals surface area contributed by atoms with Gasteiger partial charge in [-0.05, 0) is 64.1 Å². The summed E-state index contributed by atoms with van der Waals surface area (Å²) in [6.07, 6.45) is 12.5. The van der Waals surface area contributed by atoms with E-state index in [0.29, 0.717) is 18.5 Å². The second kappa shape index (κ2) is 6.81. The predicted molar refractivity (Wildman–Crippen MR) is 83.8 cm³/mol. The van der Waals surface area contributed by atoms with Crippen molar-refractivity contribution in [1.82, 2.24) is 15.1 Å². The lowest BCUT2D eigenvalue weighted by Gasteiger charge is -2.37. The molecule has 1 saturated carbocycles. The third kappa shape index (κ3) is 3.59. The van der Waals surface area contributed by atoms with Crippen LogP contribution in [0, 0.1) is 18.3 Å². The monoisotopic (exact) mass is 289 g/mol. The van der Waals surface area contributed by atoms with Gasteiger partial charge in [0.05, 0.1) is 12.6 Å². The number of hydrogen-bond donors (Lipinski definition) is 1. The highest BCUT2D eigenvalue weighted by Crippen LogP contribution is 2.31. The van der Waals surface area contributed by atoms with Crippen molar-refractivity contribution in [2.24, 2.45) is 5.92 Å². The van der Waals surface area contributed by atoms with Crippen molar-refractivity contribution < 1.29 is 4.79 Å². The number of hydrogen-bond acceptors (Lipinski definition) is 3. The lowest BCUT2D eigenvalue weighted by molar-refractivity contribution is -0.136. The molecule has 0 bridgehead atoms. The third-order valence-corrected chi connectivity index (χ3v) is 5.13. The number of rotatable bonds is 5. The number of amides is 1. The van der Waals surface area contributed by atoms with E-state index >= 15 is 0 Å². The lowest BCUT2D eigenvalue weighted by atomic mass is 10.0. The molecule has 0 spiro atoms. The van der Waals surface area contributed by atoms with Crippen LogP contribution >= 0.6 is 0 Å². The van der Waals surface area contributed by atoms with E-state index in [0.717, 1.165) is 39.0 Å². The molecule has 3 rings (SSSR count). The molecule has 0 aromatic carbocycles. The van der Waals surface area contributed by atoms with Crippen LogP contribution in [0.5, 0.6) is 0 Å². The smallest absolute Gasteiger partial charge is 0.240 e. The maximum absolute atomic E-state index is 12.9. The zero-order chi connectivity index (χ0) is 14.7. The number of nitrogens with zero attached hydrogens (tertiary/aromatic N) is 2. The summed E-state index contributed by atoms with van der Waals surface area (Å²) in [5, 5.41) is 3.41. The van der Waals surface area contributed by atoms with Crippen LogP contribution in [-0.4, -0.2) is 60.5 Å². The van der Waals surface area contributed by atoms with Gasteiger partial charge in [0.25, 0.3) is 0 Å². The summed E-state index contributed by atoms with van der Waals surface area (Å²) in [4.78, 5) is 17.3. The summed E-state index contributed by atoms with van der Waals surface area (Å²) in [7, 11) is 0. The molecule has 0 radical (unpaired) electrons. The Morgan fingerprint density at radius 1 is 1.24 bits per heavy atom. The number of terminal acetylenes is 1. The first-order chi connectivity index (χ1) is 10.3. The first-order valence-corrected chi connectivity index (χ1v) is 8.48. The Kier molecular flexibility index (Phi) is 4.82. The van der Waals surface area contributed by atoms with Crippen molar-refractivity contribution in [3.8, 4) is 12.3 Å². The fraction of sp³-hybridized carbons (Fsp3) is 0.824. The topological polar surface area (TPSA) is 35.6 Å². The number of carbonyl (C=O) groups is 1. The SMILES string of the molecule is C#CCN(CC1CC1)C(=O)C1CCCN1C1CCNCC1. The molecule has 3 fully saturated rings. The number of nitrogens with one attached hydrogen (secondary N) is 1. The van der Waals surface area contributed by atoms with Crippen molar-refractivity contribution in [1.29, 1.82) is 0 Å². The second-order valence-electron chi connectivity index (χ2n) is 6.74. The van der Waals surface area contributed by atoms with E-state index in [1.807, 2.05) is 4.90 Å². The summed E-state index contributed by atoms with van der Waals surface area (Å²) in [5.41, 5.74) is 0. The van der Waals surface area contributed by atoms with Crippen molar-refractivity contribution >= 4 is 5.91 Å². The Labute approximate surface area is 128 Å². The first-order valence-electron chi connectivity index (χ1n) is 8.48. The number of piperidine rings is 1. The Balaban J connectivity index is 1.64. The van der Waals surface area contributed by atoms with E-state index in [1.54, 1.807) is 0 Å². The molecular weight excluding hydrogens is 262 g/mol. The van der Waals surface area contributed by atoms with Gasteiger partial charge in [-0.25, -0.2) is 0 Å². The van der Waals surface area contributed by atoms with Gasteiger partial charge in [0, 0.05) is 12.6 Å². The van der Waals surface area contributed by atoms with Crippen LogP contribution in [0.4, 0.5) is 0 Å². The molecule has 0 aromatic heterocycles. The third-order valence-electron chi connectivity index (χ3n) is 5.13. The molecule has 3 aliphatic rings. The maximum Gasteiger partial charge on any atom is 0.240 e. The van der Waals surface area contributed by atoms with E-state index in [4.69, 9.17) is 6.42 Å². The molecule has 4 nitrogen and oxygen atoms in total. The molecule has 1 amide bonds. The van der Waals surface area contributed by atoms with Crippen LogP contribution in [0.1, 0.15) is 38.5 Å². The van der Waals surface area contributed by atoms with Gasteiger partial charge in [0.1, 0.15) is 0 Å². The van der Waals surface area contributed by atoms with E-state index in [9.17, 15) is 4.79 Å². The van der Waals surface area contributed by atoms with E-state index < -0.39 is 0 Å². The quantitative estimate of drug-likeness (QED) is 0.769. The number of carbonyl (C=O) groups excluding carboxylic acids is 1. The van der Waals surface area contributed by atoms with Crippen molar-refractivity contribution in [2.45, 2.75) is 50.6 Å². The summed E-state index contributed by atoms with van der Waals surface area (Å²) in [6.45, 7) is 4.59. The standard InChI is InChI=1S/C17H27N3O/c1-2-11-19(13-14-5-6-14)17(21)16-4-3-12-20(16)15-7-9-18-10-8-15/h1,14-16,18H,3-13H2. The molecule has 1 aliphatic carbocycles. The van der Waals surface area contributed by atoms with Gasteiger partial charge in [0.15, 0.2) is 0 Å².